The third-order valence-corrected chi connectivity index (χ3v) is 6.41. The SMILES string of the molecule is CN(C(=O)OC(C)(C)C)[C@@H](CC(C)(C)F)C(=O)O[C@H](Cc1ccc(N2CCOCC2)nc1)C(=O)OCc1ccccc1. The lowest BCUT2D eigenvalue weighted by Gasteiger charge is -2.32. The van der Waals surface area contributed by atoms with E-state index < -0.39 is 41.4 Å². The molecule has 0 aliphatic carbocycles. The zero-order valence-corrected chi connectivity index (χ0v) is 25.3. The van der Waals surface area contributed by atoms with Crippen LogP contribution in [0, 0.1) is 0 Å². The molecular formula is C31H42FN3O7. The van der Waals surface area contributed by atoms with Gasteiger partial charge < -0.3 is 23.8 Å². The molecule has 0 unspecified atom stereocenters. The van der Waals surface area contributed by atoms with Crippen LogP contribution in [0.3, 0.4) is 0 Å². The van der Waals surface area contributed by atoms with Crippen molar-refractivity contribution in [2.24, 2.45) is 0 Å². The number of hydrogen-bond acceptors (Lipinski definition) is 9. The Morgan fingerprint density at radius 2 is 1.67 bits per heavy atom. The summed E-state index contributed by atoms with van der Waals surface area (Å²) >= 11 is 0. The highest BCUT2D eigenvalue weighted by Gasteiger charge is 2.38. The number of hydrogen-bond donors (Lipinski definition) is 0. The molecule has 1 aromatic heterocycles. The first kappa shape index (κ1) is 32.8. The van der Waals surface area contributed by atoms with Crippen LogP contribution in [-0.2, 0) is 41.6 Å². The first-order valence-corrected chi connectivity index (χ1v) is 14.1. The Hall–Kier alpha value is -3.73. The monoisotopic (exact) mass is 587 g/mol. The second-order valence-corrected chi connectivity index (χ2v) is 11.9. The second-order valence-electron chi connectivity index (χ2n) is 11.9. The fraction of sp³-hybridized carbons (Fsp3) is 0.548. The van der Waals surface area contributed by atoms with Crippen LogP contribution in [0.2, 0.25) is 0 Å². The fourth-order valence-corrected chi connectivity index (χ4v) is 4.24. The summed E-state index contributed by atoms with van der Waals surface area (Å²) < 4.78 is 36.8. The maximum Gasteiger partial charge on any atom is 0.410 e. The van der Waals surface area contributed by atoms with E-state index in [1.807, 2.05) is 24.3 Å². The minimum atomic E-state index is -1.83. The molecule has 230 valence electrons. The summed E-state index contributed by atoms with van der Waals surface area (Å²) in [5.74, 6) is -0.956. The third kappa shape index (κ3) is 10.6. The molecule has 0 N–H and O–H groups in total. The number of halogens is 1. The van der Waals surface area contributed by atoms with Crippen molar-refractivity contribution in [2.45, 2.75) is 77.5 Å². The maximum atomic E-state index is 14.8. The zero-order valence-electron chi connectivity index (χ0n) is 25.3. The molecule has 1 saturated heterocycles. The first-order valence-electron chi connectivity index (χ1n) is 14.1. The number of amides is 1. The molecule has 11 heteroatoms. The van der Waals surface area contributed by atoms with E-state index in [2.05, 4.69) is 9.88 Å². The standard InChI is InChI=1S/C31H42FN3O7/c1-30(2,3)42-29(38)34(6)24(19-31(4,5)32)27(36)41-25(28(37)40-21-22-10-8-7-9-11-22)18-23-12-13-26(33-20-23)35-14-16-39-17-15-35/h7-13,20,24-25H,14-19,21H2,1-6H3/t24-,25+/m0/s1. The summed E-state index contributed by atoms with van der Waals surface area (Å²) in [6, 6.07) is 11.4. The molecule has 42 heavy (non-hydrogen) atoms. The normalized spacial score (nSPS) is 15.4. The van der Waals surface area contributed by atoms with Gasteiger partial charge in [0.25, 0.3) is 0 Å². The molecular weight excluding hydrogens is 545 g/mol. The van der Waals surface area contributed by atoms with Crippen molar-refractivity contribution in [1.29, 1.82) is 0 Å². The Bertz CT molecular complexity index is 1170. The van der Waals surface area contributed by atoms with E-state index in [1.165, 1.54) is 20.9 Å². The van der Waals surface area contributed by atoms with Crippen molar-refractivity contribution >= 4 is 23.8 Å². The number of alkyl halides is 1. The number of anilines is 1. The average molecular weight is 588 g/mol. The molecule has 0 bridgehead atoms. The number of carbonyl (C=O) groups excluding carboxylic acids is 3. The number of esters is 2. The Kier molecular flexibility index (Phi) is 11.3. The van der Waals surface area contributed by atoms with Crippen LogP contribution in [0.1, 0.15) is 52.2 Å². The molecule has 0 saturated carbocycles. The molecule has 0 spiro atoms. The molecule has 1 fully saturated rings. The highest BCUT2D eigenvalue weighted by Crippen LogP contribution is 2.23. The van der Waals surface area contributed by atoms with Gasteiger partial charge in [0.15, 0.2) is 0 Å². The van der Waals surface area contributed by atoms with Crippen LogP contribution in [0.15, 0.2) is 48.7 Å². The summed E-state index contributed by atoms with van der Waals surface area (Å²) in [5.41, 5.74) is -1.28. The fourth-order valence-electron chi connectivity index (χ4n) is 4.24. The van der Waals surface area contributed by atoms with E-state index in [0.29, 0.717) is 18.8 Å². The lowest BCUT2D eigenvalue weighted by Crippen LogP contribution is -2.49. The summed E-state index contributed by atoms with van der Waals surface area (Å²) in [4.78, 5) is 47.1. The van der Waals surface area contributed by atoms with Crippen LogP contribution in [0.4, 0.5) is 15.0 Å². The van der Waals surface area contributed by atoms with Gasteiger partial charge in [-0.2, -0.15) is 0 Å². The molecule has 2 atom stereocenters. The number of carbonyl (C=O) groups is 3. The number of rotatable bonds is 11. The van der Waals surface area contributed by atoms with Crippen molar-refractivity contribution in [3.05, 3.63) is 59.8 Å². The Labute approximate surface area is 247 Å². The van der Waals surface area contributed by atoms with E-state index >= 15 is 0 Å². The van der Waals surface area contributed by atoms with Gasteiger partial charge in [-0.1, -0.05) is 36.4 Å². The molecule has 0 radical (unpaired) electrons. The average Bonchev–Trinajstić information content (AvgIpc) is 2.94. The molecule has 1 aliphatic heterocycles. The number of aromatic nitrogens is 1. The molecule has 3 rings (SSSR count). The summed E-state index contributed by atoms with van der Waals surface area (Å²) in [7, 11) is 1.34. The maximum absolute atomic E-state index is 14.8. The van der Waals surface area contributed by atoms with Crippen LogP contribution < -0.4 is 4.90 Å². The van der Waals surface area contributed by atoms with Crippen molar-refractivity contribution in [2.75, 3.05) is 38.3 Å². The predicted molar refractivity (Wildman–Crippen MR) is 155 cm³/mol. The molecule has 2 heterocycles. The molecule has 2 aromatic rings. The van der Waals surface area contributed by atoms with Gasteiger partial charge in [-0.15, -0.1) is 0 Å². The van der Waals surface area contributed by atoms with E-state index in [1.54, 1.807) is 45.2 Å². The van der Waals surface area contributed by atoms with Crippen molar-refractivity contribution in [3.63, 3.8) is 0 Å². The highest BCUT2D eigenvalue weighted by molar-refractivity contribution is 5.85. The van der Waals surface area contributed by atoms with Crippen molar-refractivity contribution in [3.8, 4) is 0 Å². The number of nitrogens with zero attached hydrogens (tertiary/aromatic N) is 3. The Morgan fingerprint density at radius 1 is 1.00 bits per heavy atom. The smallest absolute Gasteiger partial charge is 0.410 e. The molecule has 1 aliphatic rings. The minimum Gasteiger partial charge on any atom is -0.458 e. The van der Waals surface area contributed by atoms with Gasteiger partial charge in [0.1, 0.15) is 29.7 Å². The van der Waals surface area contributed by atoms with Gasteiger partial charge in [0, 0.05) is 39.2 Å². The van der Waals surface area contributed by atoms with Crippen molar-refractivity contribution < 1.29 is 37.7 Å². The van der Waals surface area contributed by atoms with E-state index in [9.17, 15) is 18.8 Å². The number of pyridine rings is 1. The lowest BCUT2D eigenvalue weighted by atomic mass is 10.00. The topological polar surface area (TPSA) is 108 Å². The van der Waals surface area contributed by atoms with Gasteiger partial charge in [-0.05, 0) is 51.8 Å². The van der Waals surface area contributed by atoms with Crippen molar-refractivity contribution in [1.82, 2.24) is 9.88 Å². The highest BCUT2D eigenvalue weighted by atomic mass is 19.1. The predicted octanol–water partition coefficient (Wildman–Crippen LogP) is 4.49. The number of benzene rings is 1. The van der Waals surface area contributed by atoms with E-state index in [-0.39, 0.29) is 19.4 Å². The van der Waals surface area contributed by atoms with Gasteiger partial charge in [0.2, 0.25) is 6.10 Å². The molecule has 1 amide bonds. The van der Waals surface area contributed by atoms with Gasteiger partial charge in [0.05, 0.1) is 13.2 Å². The summed E-state index contributed by atoms with van der Waals surface area (Å²) in [5, 5.41) is 0. The van der Waals surface area contributed by atoms with Gasteiger partial charge in [-0.25, -0.2) is 23.8 Å². The van der Waals surface area contributed by atoms with Crippen LogP contribution in [-0.4, -0.2) is 84.7 Å². The molecule has 10 nitrogen and oxygen atoms in total. The quantitative estimate of drug-likeness (QED) is 0.278. The lowest BCUT2D eigenvalue weighted by molar-refractivity contribution is -0.172. The van der Waals surface area contributed by atoms with Crippen LogP contribution in [0.25, 0.3) is 0 Å². The Balaban J connectivity index is 1.81. The first-order chi connectivity index (χ1) is 19.7. The largest absolute Gasteiger partial charge is 0.458 e. The van der Waals surface area contributed by atoms with E-state index in [4.69, 9.17) is 18.9 Å². The summed E-state index contributed by atoms with van der Waals surface area (Å²) in [6.07, 6.45) is -0.972. The number of ether oxygens (including phenoxy) is 4. The number of morpholine rings is 1. The van der Waals surface area contributed by atoms with Crippen LogP contribution >= 0.6 is 0 Å². The van der Waals surface area contributed by atoms with Gasteiger partial charge in [-0.3, -0.25) is 4.90 Å². The minimum absolute atomic E-state index is 0.0271. The zero-order chi connectivity index (χ0) is 30.9. The summed E-state index contributed by atoms with van der Waals surface area (Å²) in [6.45, 7) is 10.3. The van der Waals surface area contributed by atoms with Gasteiger partial charge >= 0.3 is 18.0 Å². The van der Waals surface area contributed by atoms with E-state index in [0.717, 1.165) is 29.4 Å². The second kappa shape index (κ2) is 14.4. The third-order valence-electron chi connectivity index (χ3n) is 6.41. The molecule has 1 aromatic carbocycles. The van der Waals surface area contributed by atoms with Crippen LogP contribution in [0.5, 0.6) is 0 Å². The number of likely N-dealkylation sites (N-methyl/N-ethyl adjacent to an activating group) is 1. The Morgan fingerprint density at radius 3 is 2.24 bits per heavy atom.